The molecule has 0 bridgehead atoms. The van der Waals surface area contributed by atoms with Crippen molar-refractivity contribution < 1.29 is 0 Å². The first-order valence-electron chi connectivity index (χ1n) is 12.6. The average molecular weight is 524 g/mol. The van der Waals surface area contributed by atoms with Crippen LogP contribution in [0.3, 0.4) is 0 Å². The first kappa shape index (κ1) is 24.5. The lowest BCUT2D eigenvalue weighted by atomic mass is 10.2. The van der Waals surface area contributed by atoms with Crippen molar-refractivity contribution in [2.24, 2.45) is 0 Å². The second kappa shape index (κ2) is 10.9. The van der Waals surface area contributed by atoms with Gasteiger partial charge in [-0.2, -0.15) is 9.97 Å². The number of benzene rings is 4. The molecule has 1 atom stereocenters. The molecule has 1 aliphatic heterocycles. The Bertz CT molecular complexity index is 1590. The third-order valence-corrected chi connectivity index (χ3v) is 8.72. The molecule has 2 heterocycles. The van der Waals surface area contributed by atoms with Gasteiger partial charge in [0, 0.05) is 22.1 Å². The largest absolute Gasteiger partial charge is 0.296 e. The molecule has 188 valence electrons. The molecule has 0 fully saturated rings. The van der Waals surface area contributed by atoms with E-state index in [0.29, 0.717) is 17.6 Å². The van der Waals surface area contributed by atoms with Crippen molar-refractivity contribution in [3.63, 3.8) is 0 Å². The van der Waals surface area contributed by atoms with Crippen LogP contribution in [0.5, 0.6) is 0 Å². The molecule has 39 heavy (non-hydrogen) atoms. The van der Waals surface area contributed by atoms with Crippen molar-refractivity contribution in [3.8, 4) is 22.8 Å². The summed E-state index contributed by atoms with van der Waals surface area (Å²) in [5.41, 5.74) is 5.04. The normalized spacial score (nSPS) is 14.7. The van der Waals surface area contributed by atoms with E-state index in [1.54, 1.807) is 0 Å². The molecule has 5 aromatic rings. The molecule has 1 aliphatic rings. The minimum atomic E-state index is -1.20. The monoisotopic (exact) mass is 523 g/mol. The van der Waals surface area contributed by atoms with Crippen molar-refractivity contribution >= 4 is 31.2 Å². The number of hydrogen-bond donors (Lipinski definition) is 0. The van der Waals surface area contributed by atoms with E-state index >= 15 is 0 Å². The summed E-state index contributed by atoms with van der Waals surface area (Å²) in [6.07, 6.45) is 5.73. The van der Waals surface area contributed by atoms with Gasteiger partial charge in [0.15, 0.2) is 11.6 Å². The molecule has 0 amide bonds. The molecule has 0 radical (unpaired) electrons. The predicted octanol–water partition coefficient (Wildman–Crippen LogP) is 9.06. The minimum absolute atomic E-state index is 0.580. The van der Waals surface area contributed by atoms with Gasteiger partial charge in [-0.05, 0) is 24.3 Å². The summed E-state index contributed by atoms with van der Waals surface area (Å²) >= 11 is 0. The van der Waals surface area contributed by atoms with Crippen LogP contribution in [0.15, 0.2) is 152 Å². The molecule has 0 spiro atoms. The van der Waals surface area contributed by atoms with Crippen molar-refractivity contribution in [1.82, 2.24) is 15.0 Å². The van der Waals surface area contributed by atoms with Crippen LogP contribution in [0.2, 0.25) is 0 Å². The lowest BCUT2D eigenvalue weighted by Gasteiger charge is -2.32. The quantitative estimate of drug-likeness (QED) is 0.157. The van der Waals surface area contributed by atoms with Crippen molar-refractivity contribution in [3.05, 3.63) is 152 Å². The molecule has 1 unspecified atom stereocenters. The average Bonchev–Trinajstić information content (AvgIpc) is 3.36. The smallest absolute Gasteiger partial charge is 0.239 e. The van der Waals surface area contributed by atoms with E-state index in [4.69, 9.17) is 15.0 Å². The van der Waals surface area contributed by atoms with Crippen LogP contribution in [0.4, 0.5) is 23.0 Å². The molecular weight excluding hydrogens is 497 g/mol. The zero-order valence-corrected chi connectivity index (χ0v) is 22.2. The van der Waals surface area contributed by atoms with Crippen molar-refractivity contribution in [1.29, 1.82) is 0 Å². The van der Waals surface area contributed by atoms with Crippen LogP contribution < -0.4 is 9.34 Å². The highest BCUT2D eigenvalue weighted by Crippen LogP contribution is 2.68. The SMILES string of the molecule is C=C/C=C(\C=C)P1N(c2ccccc2)c2ccccc2N1c1nc(-c2ccccc2)nc(-c2ccccc2)n1. The summed E-state index contributed by atoms with van der Waals surface area (Å²) in [6, 6.07) is 38.9. The van der Waals surface area contributed by atoms with Gasteiger partial charge in [-0.1, -0.05) is 122 Å². The fourth-order valence-electron chi connectivity index (χ4n) is 4.59. The second-order valence-electron chi connectivity index (χ2n) is 8.78. The fourth-order valence-corrected chi connectivity index (χ4v) is 6.99. The summed E-state index contributed by atoms with van der Waals surface area (Å²) in [4.78, 5) is 15.0. The molecule has 6 heteroatoms. The first-order valence-corrected chi connectivity index (χ1v) is 13.9. The zero-order valence-electron chi connectivity index (χ0n) is 21.3. The predicted molar refractivity (Wildman–Crippen MR) is 163 cm³/mol. The van der Waals surface area contributed by atoms with Gasteiger partial charge < -0.3 is 0 Å². The van der Waals surface area contributed by atoms with E-state index in [0.717, 1.165) is 33.5 Å². The van der Waals surface area contributed by atoms with Gasteiger partial charge in [0.2, 0.25) is 5.95 Å². The van der Waals surface area contributed by atoms with Gasteiger partial charge in [0.1, 0.15) is 8.22 Å². The molecule has 0 N–H and O–H groups in total. The van der Waals surface area contributed by atoms with E-state index in [1.807, 2.05) is 85.0 Å². The van der Waals surface area contributed by atoms with E-state index in [1.165, 1.54) is 0 Å². The first-order chi connectivity index (χ1) is 19.3. The maximum Gasteiger partial charge on any atom is 0.239 e. The number of para-hydroxylation sites is 3. The Morgan fingerprint density at radius 1 is 0.590 bits per heavy atom. The summed E-state index contributed by atoms with van der Waals surface area (Å²) in [6.45, 7) is 8.15. The van der Waals surface area contributed by atoms with E-state index in [2.05, 4.69) is 71.0 Å². The van der Waals surface area contributed by atoms with Crippen LogP contribution in [-0.4, -0.2) is 15.0 Å². The van der Waals surface area contributed by atoms with Gasteiger partial charge in [-0.3, -0.25) is 9.34 Å². The summed E-state index contributed by atoms with van der Waals surface area (Å²) in [7, 11) is -1.20. The number of anilines is 4. The van der Waals surface area contributed by atoms with Gasteiger partial charge in [0.05, 0.1) is 11.4 Å². The van der Waals surface area contributed by atoms with Crippen LogP contribution in [0, 0.1) is 0 Å². The van der Waals surface area contributed by atoms with E-state index in [-0.39, 0.29) is 0 Å². The van der Waals surface area contributed by atoms with E-state index < -0.39 is 8.22 Å². The van der Waals surface area contributed by atoms with Gasteiger partial charge in [-0.15, -0.1) is 0 Å². The minimum Gasteiger partial charge on any atom is -0.296 e. The summed E-state index contributed by atoms with van der Waals surface area (Å²) < 4.78 is 4.59. The molecule has 6 rings (SSSR count). The lowest BCUT2D eigenvalue weighted by molar-refractivity contribution is 1.05. The topological polar surface area (TPSA) is 45.2 Å². The fraction of sp³-hybridized carbons (Fsp3) is 0. The third kappa shape index (κ3) is 4.65. The zero-order chi connectivity index (χ0) is 26.6. The highest BCUT2D eigenvalue weighted by molar-refractivity contribution is 7.67. The number of aromatic nitrogens is 3. The maximum absolute atomic E-state index is 5.07. The number of rotatable bonds is 7. The standard InChI is InChI=1S/C33H26N5P/c1-3-16-28(4-2)39-37(27-21-12-7-13-22-27)29-23-14-15-24-30(29)38(39)33-35-31(25-17-8-5-9-18-25)34-32(36-33)26-19-10-6-11-20-26/h3-24H,1-2H2/b28-16+. The summed E-state index contributed by atoms with van der Waals surface area (Å²) in [5, 5.41) is 1.03. The van der Waals surface area contributed by atoms with Crippen LogP contribution in [0.25, 0.3) is 22.8 Å². The lowest BCUT2D eigenvalue weighted by Crippen LogP contribution is -2.17. The van der Waals surface area contributed by atoms with Crippen LogP contribution in [0.1, 0.15) is 0 Å². The van der Waals surface area contributed by atoms with Gasteiger partial charge in [-0.25, -0.2) is 4.98 Å². The van der Waals surface area contributed by atoms with Crippen LogP contribution >= 0.6 is 8.22 Å². The van der Waals surface area contributed by atoms with Gasteiger partial charge >= 0.3 is 0 Å². The molecule has 4 aromatic carbocycles. The van der Waals surface area contributed by atoms with Crippen molar-refractivity contribution in [2.45, 2.75) is 0 Å². The summed E-state index contributed by atoms with van der Waals surface area (Å²) in [5.74, 6) is 1.83. The van der Waals surface area contributed by atoms with Gasteiger partial charge in [0.25, 0.3) is 0 Å². The second-order valence-corrected chi connectivity index (χ2v) is 10.7. The number of nitrogens with zero attached hydrogens (tertiary/aromatic N) is 5. The Balaban J connectivity index is 1.62. The molecule has 5 nitrogen and oxygen atoms in total. The van der Waals surface area contributed by atoms with E-state index in [9.17, 15) is 0 Å². The number of hydrogen-bond acceptors (Lipinski definition) is 5. The highest BCUT2D eigenvalue weighted by atomic mass is 31.1. The molecule has 0 saturated heterocycles. The Hall–Kier alpha value is -4.86. The Morgan fingerprint density at radius 3 is 1.59 bits per heavy atom. The molecular formula is C33H26N5P. The Morgan fingerprint density at radius 2 is 1.08 bits per heavy atom. The Labute approximate surface area is 230 Å². The molecule has 0 aliphatic carbocycles. The number of fused-ring (bicyclic) bond motifs is 1. The molecule has 0 saturated carbocycles. The van der Waals surface area contributed by atoms with Crippen LogP contribution in [-0.2, 0) is 0 Å². The maximum atomic E-state index is 5.07. The Kier molecular flexibility index (Phi) is 6.82. The third-order valence-electron chi connectivity index (χ3n) is 6.32. The van der Waals surface area contributed by atoms with Crippen molar-refractivity contribution in [2.75, 3.05) is 9.34 Å². The number of allylic oxidation sites excluding steroid dienone is 4. The molecule has 1 aromatic heterocycles. The highest BCUT2D eigenvalue weighted by Gasteiger charge is 2.41.